The second-order valence-corrected chi connectivity index (χ2v) is 4.36. The van der Waals surface area contributed by atoms with E-state index in [0.29, 0.717) is 5.56 Å². The highest BCUT2D eigenvalue weighted by molar-refractivity contribution is 5.85. The maximum atomic E-state index is 8.99. The maximum Gasteiger partial charge on any atom is 0.0992 e. The molecule has 2 N–H and O–H groups in total. The molecule has 3 rings (SSSR count). The van der Waals surface area contributed by atoms with Crippen LogP contribution in [0.2, 0.25) is 0 Å². The Bertz CT molecular complexity index is 606. The highest BCUT2D eigenvalue weighted by atomic mass is 14.8. The zero-order valence-corrected chi connectivity index (χ0v) is 8.77. The number of benzene rings is 1. The van der Waals surface area contributed by atoms with Crippen LogP contribution in [0.4, 0.5) is 0 Å². The molecule has 0 radical (unpaired) electrons. The summed E-state index contributed by atoms with van der Waals surface area (Å²) in [6, 6.07) is 9.80. The van der Waals surface area contributed by atoms with E-state index in [4.69, 9.17) is 11.0 Å². The standard InChI is InChI=1S/C13H11N3/c14-8-9-6-11(13(15)3-4-13)10-2-1-5-16-12(10)7-9/h1-2,5-7H,3-4,15H2. The van der Waals surface area contributed by atoms with Gasteiger partial charge in [-0.3, -0.25) is 4.98 Å². The minimum absolute atomic E-state index is 0.228. The third-order valence-corrected chi connectivity index (χ3v) is 3.17. The molecule has 0 saturated heterocycles. The molecule has 3 nitrogen and oxygen atoms in total. The van der Waals surface area contributed by atoms with Gasteiger partial charge in [0, 0.05) is 17.1 Å². The number of aromatic nitrogens is 1. The molecule has 1 aliphatic rings. The second kappa shape index (κ2) is 3.03. The van der Waals surface area contributed by atoms with Crippen molar-refractivity contribution in [1.82, 2.24) is 4.98 Å². The number of nitriles is 1. The van der Waals surface area contributed by atoms with Crippen LogP contribution in [-0.4, -0.2) is 4.98 Å². The van der Waals surface area contributed by atoms with Gasteiger partial charge < -0.3 is 5.73 Å². The molecule has 78 valence electrons. The van der Waals surface area contributed by atoms with Crippen LogP contribution >= 0.6 is 0 Å². The zero-order valence-electron chi connectivity index (χ0n) is 8.77. The molecular weight excluding hydrogens is 198 g/mol. The number of rotatable bonds is 1. The normalized spacial score (nSPS) is 17.0. The van der Waals surface area contributed by atoms with Crippen LogP contribution in [0.1, 0.15) is 24.0 Å². The van der Waals surface area contributed by atoms with Crippen molar-refractivity contribution in [3.05, 3.63) is 41.6 Å². The topological polar surface area (TPSA) is 62.7 Å². The molecule has 0 amide bonds. The summed E-state index contributed by atoms with van der Waals surface area (Å²) >= 11 is 0. The monoisotopic (exact) mass is 209 g/mol. The van der Waals surface area contributed by atoms with Crippen LogP contribution in [0.5, 0.6) is 0 Å². The quantitative estimate of drug-likeness (QED) is 0.781. The second-order valence-electron chi connectivity index (χ2n) is 4.36. The van der Waals surface area contributed by atoms with Crippen LogP contribution in [0.3, 0.4) is 0 Å². The fraction of sp³-hybridized carbons (Fsp3) is 0.231. The molecule has 16 heavy (non-hydrogen) atoms. The minimum Gasteiger partial charge on any atom is -0.321 e. The van der Waals surface area contributed by atoms with E-state index in [1.54, 1.807) is 6.20 Å². The van der Waals surface area contributed by atoms with E-state index in [1.807, 2.05) is 24.3 Å². The number of fused-ring (bicyclic) bond motifs is 1. The number of nitrogens with zero attached hydrogens (tertiary/aromatic N) is 2. The van der Waals surface area contributed by atoms with Crippen molar-refractivity contribution in [2.24, 2.45) is 5.73 Å². The first-order chi connectivity index (χ1) is 7.73. The molecule has 1 saturated carbocycles. The Morgan fingerprint density at radius 3 is 2.88 bits per heavy atom. The number of pyridine rings is 1. The molecule has 2 aromatic rings. The van der Waals surface area contributed by atoms with Gasteiger partial charge in [0.05, 0.1) is 17.1 Å². The summed E-state index contributed by atoms with van der Waals surface area (Å²) in [7, 11) is 0. The molecule has 3 heteroatoms. The van der Waals surface area contributed by atoms with Crippen LogP contribution in [0.25, 0.3) is 10.9 Å². The number of hydrogen-bond acceptors (Lipinski definition) is 3. The van der Waals surface area contributed by atoms with Crippen LogP contribution in [-0.2, 0) is 5.54 Å². The van der Waals surface area contributed by atoms with Crippen molar-refractivity contribution in [2.45, 2.75) is 18.4 Å². The van der Waals surface area contributed by atoms with Gasteiger partial charge >= 0.3 is 0 Å². The van der Waals surface area contributed by atoms with E-state index in [1.165, 1.54) is 0 Å². The first kappa shape index (κ1) is 9.32. The average Bonchev–Trinajstić information content (AvgIpc) is 3.07. The Hall–Kier alpha value is -1.92. The average molecular weight is 209 g/mol. The van der Waals surface area contributed by atoms with Crippen molar-refractivity contribution in [3.8, 4) is 6.07 Å². The van der Waals surface area contributed by atoms with Gasteiger partial charge in [0.25, 0.3) is 0 Å². The summed E-state index contributed by atoms with van der Waals surface area (Å²) in [6.07, 6.45) is 3.72. The van der Waals surface area contributed by atoms with Gasteiger partial charge in [-0.25, -0.2) is 0 Å². The molecule has 1 aliphatic carbocycles. The molecule has 1 aromatic heterocycles. The lowest BCUT2D eigenvalue weighted by Gasteiger charge is -2.12. The van der Waals surface area contributed by atoms with E-state index < -0.39 is 0 Å². The first-order valence-corrected chi connectivity index (χ1v) is 5.31. The van der Waals surface area contributed by atoms with Crippen molar-refractivity contribution in [3.63, 3.8) is 0 Å². The SMILES string of the molecule is N#Cc1cc(C2(N)CC2)c2cccnc2c1. The largest absolute Gasteiger partial charge is 0.321 e. The van der Waals surface area contributed by atoms with Gasteiger partial charge in [-0.1, -0.05) is 6.07 Å². The van der Waals surface area contributed by atoms with Gasteiger partial charge in [0.1, 0.15) is 0 Å². The van der Waals surface area contributed by atoms with E-state index in [-0.39, 0.29) is 5.54 Å². The Morgan fingerprint density at radius 2 is 2.19 bits per heavy atom. The van der Waals surface area contributed by atoms with E-state index in [0.717, 1.165) is 29.3 Å². The number of hydrogen-bond donors (Lipinski definition) is 1. The summed E-state index contributed by atoms with van der Waals surface area (Å²) in [5, 5.41) is 10.1. The van der Waals surface area contributed by atoms with Crippen molar-refractivity contribution in [2.75, 3.05) is 0 Å². The van der Waals surface area contributed by atoms with Crippen LogP contribution in [0, 0.1) is 11.3 Å². The van der Waals surface area contributed by atoms with Crippen molar-refractivity contribution >= 4 is 10.9 Å². The van der Waals surface area contributed by atoms with Gasteiger partial charge in [0.2, 0.25) is 0 Å². The fourth-order valence-corrected chi connectivity index (χ4v) is 2.06. The predicted molar refractivity (Wildman–Crippen MR) is 61.6 cm³/mol. The van der Waals surface area contributed by atoms with Crippen LogP contribution < -0.4 is 5.73 Å². The molecular formula is C13H11N3. The Kier molecular flexibility index (Phi) is 1.77. The van der Waals surface area contributed by atoms with Crippen LogP contribution in [0.15, 0.2) is 30.5 Å². The van der Waals surface area contributed by atoms with Gasteiger partial charge in [-0.15, -0.1) is 0 Å². The Balaban J connectivity index is 2.37. The lowest BCUT2D eigenvalue weighted by Crippen LogP contribution is -2.19. The zero-order chi connectivity index (χ0) is 11.2. The first-order valence-electron chi connectivity index (χ1n) is 5.31. The smallest absolute Gasteiger partial charge is 0.0992 e. The maximum absolute atomic E-state index is 8.99. The summed E-state index contributed by atoms with van der Waals surface area (Å²) in [6.45, 7) is 0. The number of nitrogens with two attached hydrogens (primary N) is 1. The highest BCUT2D eigenvalue weighted by Gasteiger charge is 2.41. The highest BCUT2D eigenvalue weighted by Crippen LogP contribution is 2.45. The summed E-state index contributed by atoms with van der Waals surface area (Å²) < 4.78 is 0. The van der Waals surface area contributed by atoms with E-state index in [9.17, 15) is 0 Å². The Labute approximate surface area is 93.5 Å². The summed E-state index contributed by atoms with van der Waals surface area (Å²) in [5.41, 5.74) is 8.55. The van der Waals surface area contributed by atoms with E-state index in [2.05, 4.69) is 11.1 Å². The van der Waals surface area contributed by atoms with Crippen molar-refractivity contribution in [1.29, 1.82) is 5.26 Å². The molecule has 0 unspecified atom stereocenters. The third-order valence-electron chi connectivity index (χ3n) is 3.17. The lowest BCUT2D eigenvalue weighted by molar-refractivity contribution is 0.747. The predicted octanol–water partition coefficient (Wildman–Crippen LogP) is 2.05. The molecule has 0 aliphatic heterocycles. The molecule has 1 fully saturated rings. The van der Waals surface area contributed by atoms with Gasteiger partial charge in [-0.2, -0.15) is 5.26 Å². The third kappa shape index (κ3) is 1.28. The Morgan fingerprint density at radius 1 is 1.38 bits per heavy atom. The molecule has 1 heterocycles. The van der Waals surface area contributed by atoms with E-state index >= 15 is 0 Å². The lowest BCUT2D eigenvalue weighted by atomic mass is 9.97. The molecule has 0 atom stereocenters. The molecule has 0 bridgehead atoms. The van der Waals surface area contributed by atoms with Crippen molar-refractivity contribution < 1.29 is 0 Å². The minimum atomic E-state index is -0.228. The summed E-state index contributed by atoms with van der Waals surface area (Å²) in [4.78, 5) is 4.29. The van der Waals surface area contributed by atoms with Gasteiger partial charge in [-0.05, 0) is 36.6 Å². The molecule has 1 aromatic carbocycles. The summed E-state index contributed by atoms with van der Waals surface area (Å²) in [5.74, 6) is 0. The molecule has 0 spiro atoms. The van der Waals surface area contributed by atoms with Gasteiger partial charge in [0.15, 0.2) is 0 Å². The fourth-order valence-electron chi connectivity index (χ4n) is 2.06.